The lowest BCUT2D eigenvalue weighted by molar-refractivity contribution is 0.0933. The molecule has 0 radical (unpaired) electrons. The number of hydrogen-bond donors (Lipinski definition) is 3. The molecule has 0 spiro atoms. The molecule has 154 valence electrons. The number of benzene rings is 2. The highest BCUT2D eigenvalue weighted by Crippen LogP contribution is 2.40. The van der Waals surface area contributed by atoms with Gasteiger partial charge in [-0.2, -0.15) is 0 Å². The first-order chi connectivity index (χ1) is 14.1. The van der Waals surface area contributed by atoms with Crippen molar-refractivity contribution >= 4 is 35.5 Å². The molecule has 1 fully saturated rings. The molecule has 3 aromatic rings. The van der Waals surface area contributed by atoms with Gasteiger partial charge in [-0.3, -0.25) is 4.79 Å². The number of pyridine rings is 1. The third-order valence-corrected chi connectivity index (χ3v) is 5.67. The Balaban J connectivity index is 0.00000218. The average molecular weight is 421 g/mol. The van der Waals surface area contributed by atoms with Crippen LogP contribution in [0.5, 0.6) is 0 Å². The van der Waals surface area contributed by atoms with Crippen molar-refractivity contribution in [1.82, 2.24) is 10.3 Å². The molecule has 5 nitrogen and oxygen atoms in total. The quantitative estimate of drug-likeness (QED) is 0.563. The zero-order chi connectivity index (χ0) is 19.8. The molecule has 4 N–H and O–H groups in total. The number of carbonyl (C=O) groups is 1. The van der Waals surface area contributed by atoms with E-state index in [0.717, 1.165) is 18.5 Å². The summed E-state index contributed by atoms with van der Waals surface area (Å²) >= 11 is 0. The van der Waals surface area contributed by atoms with Crippen molar-refractivity contribution < 1.29 is 4.79 Å². The van der Waals surface area contributed by atoms with Crippen LogP contribution in [0.25, 0.3) is 0 Å². The normalized spacial score (nSPS) is 15.2. The lowest BCUT2D eigenvalue weighted by Crippen LogP contribution is -2.35. The van der Waals surface area contributed by atoms with Crippen molar-refractivity contribution in [3.8, 4) is 0 Å². The summed E-state index contributed by atoms with van der Waals surface area (Å²) in [5.41, 5.74) is 11.8. The van der Waals surface area contributed by atoms with E-state index in [0.29, 0.717) is 23.1 Å². The summed E-state index contributed by atoms with van der Waals surface area (Å²) in [6.45, 7) is 0. The second-order valence-electron chi connectivity index (χ2n) is 8.04. The first kappa shape index (κ1) is 20.2. The number of anilines is 3. The molecular weight excluding hydrogens is 396 g/mol. The predicted octanol–water partition coefficient (Wildman–Crippen LogP) is 4.60. The van der Waals surface area contributed by atoms with Crippen molar-refractivity contribution in [3.05, 3.63) is 83.0 Å². The number of nitrogen functional groups attached to an aromatic ring is 1. The van der Waals surface area contributed by atoms with Gasteiger partial charge in [0.05, 0.1) is 0 Å². The molecule has 0 saturated heterocycles. The Hall–Kier alpha value is -3.05. The molecule has 2 aliphatic carbocycles. The molecule has 30 heavy (non-hydrogen) atoms. The Morgan fingerprint density at radius 1 is 0.967 bits per heavy atom. The fourth-order valence-electron chi connectivity index (χ4n) is 4.09. The Morgan fingerprint density at radius 3 is 2.40 bits per heavy atom. The summed E-state index contributed by atoms with van der Waals surface area (Å²) in [6.07, 6.45) is 4.22. The summed E-state index contributed by atoms with van der Waals surface area (Å²) < 4.78 is 0. The Kier molecular flexibility index (Phi) is 5.64. The monoisotopic (exact) mass is 420 g/mol. The van der Waals surface area contributed by atoms with Gasteiger partial charge in [-0.05, 0) is 66.5 Å². The highest BCUT2D eigenvalue weighted by atomic mass is 35.5. The van der Waals surface area contributed by atoms with Crippen LogP contribution >= 0.6 is 12.4 Å². The standard InChI is InChI=1S/C24H24N4O.ClH/c25-19-13-22(24(29)27-21-11-17-4-1-2-5-18(17)12-21)28-23(14-19)26-20-7-3-6-16(10-20)15-8-9-15;/h1-7,10,13-15,21H,8-9,11-12H2,(H,27,29)(H3,25,26,28);1H. The number of nitrogens with one attached hydrogen (secondary N) is 2. The van der Waals surface area contributed by atoms with Gasteiger partial charge in [0.25, 0.3) is 5.91 Å². The van der Waals surface area contributed by atoms with E-state index in [-0.39, 0.29) is 24.4 Å². The zero-order valence-corrected chi connectivity index (χ0v) is 17.4. The van der Waals surface area contributed by atoms with Crippen LogP contribution in [0.2, 0.25) is 0 Å². The van der Waals surface area contributed by atoms with Gasteiger partial charge in [-0.15, -0.1) is 12.4 Å². The van der Waals surface area contributed by atoms with Crippen LogP contribution in [-0.4, -0.2) is 16.9 Å². The molecule has 1 saturated carbocycles. The van der Waals surface area contributed by atoms with Crippen LogP contribution in [0, 0.1) is 0 Å². The lowest BCUT2D eigenvalue weighted by atomic mass is 10.1. The minimum Gasteiger partial charge on any atom is -0.399 e. The van der Waals surface area contributed by atoms with Crippen molar-refractivity contribution in [2.75, 3.05) is 11.1 Å². The molecule has 5 rings (SSSR count). The fraction of sp³-hybridized carbons (Fsp3) is 0.250. The van der Waals surface area contributed by atoms with Gasteiger partial charge in [-0.25, -0.2) is 4.98 Å². The van der Waals surface area contributed by atoms with E-state index >= 15 is 0 Å². The third kappa shape index (κ3) is 4.41. The van der Waals surface area contributed by atoms with E-state index in [4.69, 9.17) is 5.73 Å². The molecule has 0 unspecified atom stereocenters. The van der Waals surface area contributed by atoms with Gasteiger partial charge in [0, 0.05) is 23.5 Å². The van der Waals surface area contributed by atoms with Gasteiger partial charge >= 0.3 is 0 Å². The average Bonchev–Trinajstić information content (AvgIpc) is 3.48. The molecule has 2 aromatic carbocycles. The minimum atomic E-state index is -0.190. The first-order valence-electron chi connectivity index (χ1n) is 10.2. The summed E-state index contributed by atoms with van der Waals surface area (Å²) in [7, 11) is 0. The van der Waals surface area contributed by atoms with Crippen molar-refractivity contribution in [2.24, 2.45) is 0 Å². The fourth-order valence-corrected chi connectivity index (χ4v) is 4.09. The van der Waals surface area contributed by atoms with Gasteiger partial charge in [0.1, 0.15) is 11.5 Å². The SMILES string of the molecule is Cl.Nc1cc(Nc2cccc(C3CC3)c2)nc(C(=O)NC2Cc3ccccc3C2)c1. The van der Waals surface area contributed by atoms with E-state index in [1.807, 2.05) is 24.3 Å². The molecule has 1 amide bonds. The first-order valence-corrected chi connectivity index (χ1v) is 10.2. The number of amides is 1. The van der Waals surface area contributed by atoms with Gasteiger partial charge < -0.3 is 16.4 Å². The highest BCUT2D eigenvalue weighted by molar-refractivity contribution is 5.94. The van der Waals surface area contributed by atoms with Crippen LogP contribution in [0.3, 0.4) is 0 Å². The maximum Gasteiger partial charge on any atom is 0.270 e. The van der Waals surface area contributed by atoms with Crippen LogP contribution in [0.15, 0.2) is 60.7 Å². The minimum absolute atomic E-state index is 0. The van der Waals surface area contributed by atoms with E-state index in [1.165, 1.54) is 29.5 Å². The second kappa shape index (κ2) is 8.36. The number of halogens is 1. The van der Waals surface area contributed by atoms with E-state index in [2.05, 4.69) is 39.9 Å². The number of nitrogens with two attached hydrogens (primary N) is 1. The number of aromatic nitrogens is 1. The summed E-state index contributed by atoms with van der Waals surface area (Å²) in [5.74, 6) is 1.07. The number of carbonyl (C=O) groups excluding carboxylic acids is 1. The number of hydrogen-bond acceptors (Lipinski definition) is 4. The maximum absolute atomic E-state index is 12.8. The van der Waals surface area contributed by atoms with Crippen LogP contribution in [-0.2, 0) is 12.8 Å². The highest BCUT2D eigenvalue weighted by Gasteiger charge is 2.24. The smallest absolute Gasteiger partial charge is 0.270 e. The largest absolute Gasteiger partial charge is 0.399 e. The molecule has 2 aliphatic rings. The van der Waals surface area contributed by atoms with Gasteiger partial charge in [0.15, 0.2) is 0 Å². The van der Waals surface area contributed by atoms with Crippen molar-refractivity contribution in [2.45, 2.75) is 37.6 Å². The maximum atomic E-state index is 12.8. The number of nitrogens with zero attached hydrogens (tertiary/aromatic N) is 1. The zero-order valence-electron chi connectivity index (χ0n) is 16.6. The number of fused-ring (bicyclic) bond motifs is 1. The van der Waals surface area contributed by atoms with Crippen molar-refractivity contribution in [3.63, 3.8) is 0 Å². The summed E-state index contributed by atoms with van der Waals surface area (Å²) in [6, 6.07) is 20.2. The predicted molar refractivity (Wildman–Crippen MR) is 123 cm³/mol. The number of rotatable bonds is 5. The Bertz CT molecular complexity index is 1060. The Morgan fingerprint density at radius 2 is 1.70 bits per heavy atom. The molecule has 0 atom stereocenters. The van der Waals surface area contributed by atoms with Crippen LogP contribution < -0.4 is 16.4 Å². The lowest BCUT2D eigenvalue weighted by Gasteiger charge is -2.13. The van der Waals surface area contributed by atoms with E-state index in [9.17, 15) is 4.79 Å². The molecular formula is C24H25ClN4O. The Labute approximate surface area is 182 Å². The van der Waals surface area contributed by atoms with Crippen molar-refractivity contribution in [1.29, 1.82) is 0 Å². The molecule has 0 bridgehead atoms. The van der Waals surface area contributed by atoms with E-state index < -0.39 is 0 Å². The molecule has 1 heterocycles. The van der Waals surface area contributed by atoms with Crippen LogP contribution in [0.1, 0.15) is 45.9 Å². The molecule has 0 aliphatic heterocycles. The topological polar surface area (TPSA) is 80.0 Å². The summed E-state index contributed by atoms with van der Waals surface area (Å²) in [5, 5.41) is 6.41. The third-order valence-electron chi connectivity index (χ3n) is 5.67. The van der Waals surface area contributed by atoms with E-state index in [1.54, 1.807) is 12.1 Å². The molecule has 6 heteroatoms. The second-order valence-corrected chi connectivity index (χ2v) is 8.04. The molecule has 1 aromatic heterocycles. The van der Waals surface area contributed by atoms with Gasteiger partial charge in [0.2, 0.25) is 0 Å². The summed E-state index contributed by atoms with van der Waals surface area (Å²) in [4.78, 5) is 17.3. The van der Waals surface area contributed by atoms with Crippen LogP contribution in [0.4, 0.5) is 17.2 Å². The van der Waals surface area contributed by atoms with Gasteiger partial charge in [-0.1, -0.05) is 36.4 Å².